The zero-order valence-corrected chi connectivity index (χ0v) is 9.31. The first-order chi connectivity index (χ1) is 7.66. The highest BCUT2D eigenvalue weighted by Crippen LogP contribution is 2.14. The monoisotopic (exact) mass is 220 g/mol. The second kappa shape index (κ2) is 4.53. The number of carbonyl (C=O) groups excluding carboxylic acids is 1. The van der Waals surface area contributed by atoms with Crippen LogP contribution in [0.4, 0.5) is 0 Å². The predicted molar refractivity (Wildman–Crippen MR) is 61.2 cm³/mol. The van der Waals surface area contributed by atoms with Crippen molar-refractivity contribution in [2.75, 3.05) is 20.1 Å². The van der Waals surface area contributed by atoms with Crippen molar-refractivity contribution in [3.05, 3.63) is 29.8 Å². The molecule has 1 heterocycles. The summed E-state index contributed by atoms with van der Waals surface area (Å²) < 4.78 is 0. The van der Waals surface area contributed by atoms with Gasteiger partial charge in [0.1, 0.15) is 5.75 Å². The van der Waals surface area contributed by atoms with Gasteiger partial charge in [-0.2, -0.15) is 0 Å². The molecule has 1 atom stereocenters. The van der Waals surface area contributed by atoms with Crippen molar-refractivity contribution < 1.29 is 9.90 Å². The van der Waals surface area contributed by atoms with Gasteiger partial charge in [0.15, 0.2) is 0 Å². The third kappa shape index (κ3) is 2.33. The Morgan fingerprint density at radius 1 is 1.44 bits per heavy atom. The number of benzene rings is 1. The van der Waals surface area contributed by atoms with Crippen molar-refractivity contribution in [1.29, 1.82) is 0 Å². The molecule has 0 spiro atoms. The lowest BCUT2D eigenvalue weighted by Crippen LogP contribution is -2.53. The lowest BCUT2D eigenvalue weighted by Gasteiger charge is -2.33. The summed E-state index contributed by atoms with van der Waals surface area (Å²) in [5.74, 6) is 0.407. The minimum absolute atomic E-state index is 0.134. The van der Waals surface area contributed by atoms with E-state index in [4.69, 9.17) is 0 Å². The van der Waals surface area contributed by atoms with Gasteiger partial charge in [0, 0.05) is 19.6 Å². The number of rotatable bonds is 2. The maximum absolute atomic E-state index is 11.5. The molecule has 4 heteroatoms. The molecule has 0 unspecified atom stereocenters. The third-order valence-corrected chi connectivity index (χ3v) is 3.00. The van der Waals surface area contributed by atoms with Crippen LogP contribution in [-0.2, 0) is 11.2 Å². The molecule has 2 rings (SSSR count). The van der Waals surface area contributed by atoms with Crippen molar-refractivity contribution in [2.45, 2.75) is 12.5 Å². The second-order valence-electron chi connectivity index (χ2n) is 4.16. The van der Waals surface area contributed by atoms with Crippen molar-refractivity contribution in [2.24, 2.45) is 0 Å². The van der Waals surface area contributed by atoms with Crippen LogP contribution in [-0.4, -0.2) is 42.1 Å². The lowest BCUT2D eigenvalue weighted by molar-refractivity contribution is -0.133. The van der Waals surface area contributed by atoms with Crippen molar-refractivity contribution >= 4 is 5.91 Å². The molecule has 0 bridgehead atoms. The van der Waals surface area contributed by atoms with E-state index in [2.05, 4.69) is 5.32 Å². The van der Waals surface area contributed by atoms with Gasteiger partial charge in [0.2, 0.25) is 5.91 Å². The van der Waals surface area contributed by atoms with Crippen LogP contribution in [0.1, 0.15) is 5.56 Å². The van der Waals surface area contributed by atoms with E-state index in [0.29, 0.717) is 6.54 Å². The SMILES string of the molecule is CN1C(=O)CNC[C@H]1Cc1ccc(O)cc1. The first-order valence-corrected chi connectivity index (χ1v) is 5.41. The number of nitrogens with zero attached hydrogens (tertiary/aromatic N) is 1. The minimum Gasteiger partial charge on any atom is -0.508 e. The standard InChI is InChI=1S/C12H16N2O2/c1-14-10(7-13-8-12(14)16)6-9-2-4-11(15)5-3-9/h2-5,10,13,15H,6-8H2,1H3/t10-/m1/s1. The van der Waals surface area contributed by atoms with Crippen LogP contribution in [0.3, 0.4) is 0 Å². The molecule has 0 aliphatic carbocycles. The van der Waals surface area contributed by atoms with E-state index in [0.717, 1.165) is 18.5 Å². The lowest BCUT2D eigenvalue weighted by atomic mass is 10.0. The summed E-state index contributed by atoms with van der Waals surface area (Å²) in [6.07, 6.45) is 0.815. The normalized spacial score (nSPS) is 21.2. The summed E-state index contributed by atoms with van der Waals surface area (Å²) in [6.45, 7) is 1.26. The van der Waals surface area contributed by atoms with Crippen molar-refractivity contribution in [3.63, 3.8) is 0 Å². The Kier molecular flexibility index (Phi) is 3.10. The van der Waals surface area contributed by atoms with Crippen molar-refractivity contribution in [3.8, 4) is 5.75 Å². The molecule has 1 amide bonds. The molecular formula is C12H16N2O2. The molecule has 0 radical (unpaired) electrons. The highest BCUT2D eigenvalue weighted by atomic mass is 16.3. The molecule has 1 aliphatic rings. The van der Waals surface area contributed by atoms with Gasteiger partial charge < -0.3 is 15.3 Å². The Bertz CT molecular complexity index is 375. The summed E-state index contributed by atoms with van der Waals surface area (Å²) in [6, 6.07) is 7.33. The zero-order valence-electron chi connectivity index (χ0n) is 9.31. The predicted octanol–water partition coefficient (Wildman–Crippen LogP) is 0.365. The quantitative estimate of drug-likeness (QED) is 0.757. The highest BCUT2D eigenvalue weighted by molar-refractivity contribution is 5.79. The smallest absolute Gasteiger partial charge is 0.236 e. The fourth-order valence-corrected chi connectivity index (χ4v) is 1.92. The topological polar surface area (TPSA) is 52.6 Å². The average molecular weight is 220 g/mol. The Morgan fingerprint density at radius 3 is 2.81 bits per heavy atom. The molecule has 16 heavy (non-hydrogen) atoms. The largest absolute Gasteiger partial charge is 0.508 e. The summed E-state index contributed by atoms with van der Waals surface area (Å²) in [7, 11) is 1.84. The number of hydrogen-bond acceptors (Lipinski definition) is 3. The van der Waals surface area contributed by atoms with Crippen LogP contribution in [0.25, 0.3) is 0 Å². The molecule has 1 fully saturated rings. The van der Waals surface area contributed by atoms with Gasteiger partial charge in [-0.25, -0.2) is 0 Å². The van der Waals surface area contributed by atoms with Crippen LogP contribution >= 0.6 is 0 Å². The van der Waals surface area contributed by atoms with E-state index in [1.165, 1.54) is 0 Å². The third-order valence-electron chi connectivity index (χ3n) is 3.00. The second-order valence-corrected chi connectivity index (χ2v) is 4.16. The maximum Gasteiger partial charge on any atom is 0.236 e. The molecule has 86 valence electrons. The number of nitrogens with one attached hydrogen (secondary N) is 1. The number of carbonyl (C=O) groups is 1. The summed E-state index contributed by atoms with van der Waals surface area (Å²) in [4.78, 5) is 13.3. The van der Waals surface area contributed by atoms with Gasteiger partial charge in [-0.3, -0.25) is 4.79 Å². The molecule has 0 aromatic heterocycles. The molecule has 1 aromatic rings. The fourth-order valence-electron chi connectivity index (χ4n) is 1.92. The van der Waals surface area contributed by atoms with E-state index in [1.54, 1.807) is 17.0 Å². The molecule has 2 N–H and O–H groups in total. The molecule has 1 aliphatic heterocycles. The average Bonchev–Trinajstić information content (AvgIpc) is 2.28. The van der Waals surface area contributed by atoms with E-state index >= 15 is 0 Å². The summed E-state index contributed by atoms with van der Waals surface area (Å²) in [5, 5.41) is 12.3. The van der Waals surface area contributed by atoms with Gasteiger partial charge in [-0.15, -0.1) is 0 Å². The zero-order chi connectivity index (χ0) is 11.5. The number of piperazine rings is 1. The van der Waals surface area contributed by atoms with Gasteiger partial charge in [0.25, 0.3) is 0 Å². The van der Waals surface area contributed by atoms with E-state index in [9.17, 15) is 9.90 Å². The van der Waals surface area contributed by atoms with Crippen molar-refractivity contribution in [1.82, 2.24) is 10.2 Å². The Morgan fingerprint density at radius 2 is 2.12 bits per heavy atom. The van der Waals surface area contributed by atoms with Crippen LogP contribution in [0.2, 0.25) is 0 Å². The van der Waals surface area contributed by atoms with Crippen LogP contribution < -0.4 is 5.32 Å². The van der Waals surface area contributed by atoms with Crippen LogP contribution in [0.5, 0.6) is 5.75 Å². The fraction of sp³-hybridized carbons (Fsp3) is 0.417. The number of phenols is 1. The van der Waals surface area contributed by atoms with E-state index in [1.807, 2.05) is 19.2 Å². The number of likely N-dealkylation sites (N-methyl/N-ethyl adjacent to an activating group) is 1. The molecule has 4 nitrogen and oxygen atoms in total. The Balaban J connectivity index is 2.03. The van der Waals surface area contributed by atoms with Gasteiger partial charge >= 0.3 is 0 Å². The van der Waals surface area contributed by atoms with E-state index < -0.39 is 0 Å². The van der Waals surface area contributed by atoms with Crippen LogP contribution in [0.15, 0.2) is 24.3 Å². The van der Waals surface area contributed by atoms with Gasteiger partial charge in [-0.05, 0) is 24.1 Å². The first-order valence-electron chi connectivity index (χ1n) is 5.41. The van der Waals surface area contributed by atoms with E-state index in [-0.39, 0.29) is 17.7 Å². The molecule has 1 saturated heterocycles. The van der Waals surface area contributed by atoms with Gasteiger partial charge in [0.05, 0.1) is 6.54 Å². The highest BCUT2D eigenvalue weighted by Gasteiger charge is 2.24. The number of phenolic OH excluding ortho intramolecular Hbond substituents is 1. The summed E-state index contributed by atoms with van der Waals surface area (Å²) in [5.41, 5.74) is 1.13. The molecule has 1 aromatic carbocycles. The molecular weight excluding hydrogens is 204 g/mol. The number of amides is 1. The first kappa shape index (κ1) is 11.0. The number of aromatic hydroxyl groups is 1. The number of hydrogen-bond donors (Lipinski definition) is 2. The minimum atomic E-state index is 0.134. The maximum atomic E-state index is 11.5. The summed E-state index contributed by atoms with van der Waals surface area (Å²) >= 11 is 0. The Hall–Kier alpha value is -1.55. The molecule has 0 saturated carbocycles. The Labute approximate surface area is 94.9 Å². The van der Waals surface area contributed by atoms with Gasteiger partial charge in [-0.1, -0.05) is 12.1 Å². The van der Waals surface area contributed by atoms with Crippen LogP contribution in [0, 0.1) is 0 Å².